The summed E-state index contributed by atoms with van der Waals surface area (Å²) in [5.41, 5.74) is 5.09. The normalized spacial score (nSPS) is 18.7. The van der Waals surface area contributed by atoms with Crippen molar-refractivity contribution in [2.45, 2.75) is 11.3 Å². The zero-order valence-electron chi connectivity index (χ0n) is 17.7. The van der Waals surface area contributed by atoms with Gasteiger partial charge in [-0.25, -0.2) is 13.9 Å². The molecule has 0 bridgehead atoms. The molecule has 4 rings (SSSR count). The van der Waals surface area contributed by atoms with Gasteiger partial charge in [-0.05, 0) is 53.5 Å². The molecule has 0 saturated heterocycles. The summed E-state index contributed by atoms with van der Waals surface area (Å²) < 4.78 is 38.5. The molecule has 0 radical (unpaired) electrons. The Morgan fingerprint density at radius 1 is 1.00 bits per heavy atom. The lowest BCUT2D eigenvalue weighted by atomic mass is 9.89. The third-order valence-corrected chi connectivity index (χ3v) is 7.63. The van der Waals surface area contributed by atoms with Gasteiger partial charge in [-0.15, -0.1) is 0 Å². The lowest BCUT2D eigenvalue weighted by molar-refractivity contribution is -0.132. The second-order valence-corrected chi connectivity index (χ2v) is 9.57. The first-order valence-corrected chi connectivity index (χ1v) is 11.5. The minimum absolute atomic E-state index is 0.172. The molecule has 2 aromatic rings. The van der Waals surface area contributed by atoms with Crippen molar-refractivity contribution in [2.24, 2.45) is 5.92 Å². The molecule has 1 unspecified atom stereocenters. The fourth-order valence-corrected chi connectivity index (χ4v) is 5.47. The van der Waals surface area contributed by atoms with Crippen molar-refractivity contribution in [3.8, 4) is 16.9 Å². The molecule has 2 aromatic carbocycles. The molecule has 0 saturated carbocycles. The van der Waals surface area contributed by atoms with E-state index < -0.39 is 21.8 Å². The van der Waals surface area contributed by atoms with Gasteiger partial charge in [0, 0.05) is 18.7 Å². The Morgan fingerprint density at radius 3 is 2.19 bits per heavy atom. The third-order valence-electron chi connectivity index (χ3n) is 5.83. The van der Waals surface area contributed by atoms with E-state index in [1.165, 1.54) is 11.4 Å². The zero-order valence-corrected chi connectivity index (χ0v) is 18.6. The zero-order chi connectivity index (χ0) is 22.9. The lowest BCUT2D eigenvalue weighted by Gasteiger charge is -2.20. The van der Waals surface area contributed by atoms with E-state index in [2.05, 4.69) is 0 Å². The van der Waals surface area contributed by atoms with Crippen LogP contribution in [0.1, 0.15) is 6.42 Å². The van der Waals surface area contributed by atoms with Gasteiger partial charge in [0.25, 0.3) is 5.91 Å². The molecule has 0 spiro atoms. The monoisotopic (exact) mass is 456 g/mol. The van der Waals surface area contributed by atoms with Gasteiger partial charge in [0.05, 0.1) is 25.0 Å². The Morgan fingerprint density at radius 2 is 1.62 bits per heavy atom. The predicted molar refractivity (Wildman–Crippen MR) is 117 cm³/mol. The van der Waals surface area contributed by atoms with E-state index in [0.717, 1.165) is 28.0 Å². The van der Waals surface area contributed by atoms with E-state index >= 15 is 0 Å². The van der Waals surface area contributed by atoms with Crippen LogP contribution in [-0.2, 0) is 19.6 Å². The molecule has 1 aliphatic carbocycles. The van der Waals surface area contributed by atoms with Crippen molar-refractivity contribution < 1.29 is 27.9 Å². The maximum absolute atomic E-state index is 13.3. The Labute approximate surface area is 186 Å². The smallest absolute Gasteiger partial charge is 0.250 e. The first-order chi connectivity index (χ1) is 15.4. The number of rotatable bonds is 6. The van der Waals surface area contributed by atoms with E-state index in [0.29, 0.717) is 12.2 Å². The van der Waals surface area contributed by atoms with Gasteiger partial charge < -0.3 is 9.47 Å². The number of hydroxylamine groups is 1. The van der Waals surface area contributed by atoms with Crippen LogP contribution in [0, 0.1) is 5.92 Å². The summed E-state index contributed by atoms with van der Waals surface area (Å²) >= 11 is 0. The molecule has 8 nitrogen and oxygen atoms in total. The molecule has 1 atom stereocenters. The molecule has 2 N–H and O–H groups in total. The highest BCUT2D eigenvalue weighted by Gasteiger charge is 2.38. The van der Waals surface area contributed by atoms with Crippen molar-refractivity contribution in [3.63, 3.8) is 0 Å². The van der Waals surface area contributed by atoms with Crippen molar-refractivity contribution in [3.05, 3.63) is 71.5 Å². The summed E-state index contributed by atoms with van der Waals surface area (Å²) in [6, 6.07) is 14.3. The molecule has 1 heterocycles. The average molecular weight is 457 g/mol. The van der Waals surface area contributed by atoms with Crippen LogP contribution in [0.25, 0.3) is 11.1 Å². The van der Waals surface area contributed by atoms with Gasteiger partial charge in [-0.1, -0.05) is 24.3 Å². The van der Waals surface area contributed by atoms with E-state index in [9.17, 15) is 13.2 Å². The van der Waals surface area contributed by atoms with Gasteiger partial charge >= 0.3 is 0 Å². The average Bonchev–Trinajstić information content (AvgIpc) is 3.28. The highest BCUT2D eigenvalue weighted by atomic mass is 32.2. The molecular formula is C23H24N2O6S. The minimum atomic E-state index is -3.74. The Hall–Kier alpha value is -3.14. The van der Waals surface area contributed by atoms with Crippen molar-refractivity contribution in [1.29, 1.82) is 0 Å². The highest BCUT2D eigenvalue weighted by Crippen LogP contribution is 2.37. The summed E-state index contributed by atoms with van der Waals surface area (Å²) in [6.45, 7) is 0.346. The molecule has 0 fully saturated rings. The van der Waals surface area contributed by atoms with Crippen molar-refractivity contribution >= 4 is 15.9 Å². The number of hydrogen-bond donors (Lipinski definition) is 2. The second kappa shape index (κ2) is 8.78. The summed E-state index contributed by atoms with van der Waals surface area (Å²) in [5.74, 6) is 0.0516. The van der Waals surface area contributed by atoms with Gasteiger partial charge in [0.1, 0.15) is 11.5 Å². The van der Waals surface area contributed by atoms with Gasteiger partial charge in [-0.2, -0.15) is 4.31 Å². The van der Waals surface area contributed by atoms with Crippen LogP contribution >= 0.6 is 0 Å². The summed E-state index contributed by atoms with van der Waals surface area (Å²) in [6.07, 6.45) is 1.95. The summed E-state index contributed by atoms with van der Waals surface area (Å²) in [7, 11) is -0.662. The number of amides is 1. The van der Waals surface area contributed by atoms with E-state index in [-0.39, 0.29) is 18.0 Å². The molecule has 168 valence electrons. The van der Waals surface area contributed by atoms with Gasteiger partial charge in [0.2, 0.25) is 10.0 Å². The number of carbonyl (C=O) groups is 1. The van der Waals surface area contributed by atoms with Crippen LogP contribution in [0.4, 0.5) is 0 Å². The fourth-order valence-electron chi connectivity index (χ4n) is 4.06. The number of nitrogens with one attached hydrogen (secondary N) is 1. The number of sulfonamides is 1. The summed E-state index contributed by atoms with van der Waals surface area (Å²) in [5, 5.41) is 8.95. The largest absolute Gasteiger partial charge is 0.497 e. The van der Waals surface area contributed by atoms with Gasteiger partial charge in [0.15, 0.2) is 0 Å². The van der Waals surface area contributed by atoms with Gasteiger partial charge in [-0.3, -0.25) is 10.0 Å². The first kappa shape index (κ1) is 22.1. The molecule has 1 aliphatic heterocycles. The Kier molecular flexibility index (Phi) is 6.05. The fraction of sp³-hybridized carbons (Fsp3) is 0.261. The lowest BCUT2D eigenvalue weighted by Crippen LogP contribution is -2.30. The molecular weight excluding hydrogens is 432 g/mol. The molecule has 2 aliphatic rings. The number of benzene rings is 2. The molecule has 1 amide bonds. The topological polar surface area (TPSA) is 105 Å². The van der Waals surface area contributed by atoms with Crippen molar-refractivity contribution in [1.82, 2.24) is 9.79 Å². The molecule has 0 aromatic heterocycles. The summed E-state index contributed by atoms with van der Waals surface area (Å²) in [4.78, 5) is 12.1. The Bertz CT molecular complexity index is 1180. The van der Waals surface area contributed by atoms with E-state index in [4.69, 9.17) is 14.7 Å². The standard InChI is InChI=1S/C23H24N2O6S/c1-30-19-7-3-15(4-8-19)16-5-9-20(10-6-16)32(28,29)25-13-18-11-17(23(26)24-27)12-22(31-2)21(18)14-25/h3-10,12,17,27H,11,13-14H2,1-2H3,(H,24,26). The van der Waals surface area contributed by atoms with Crippen LogP contribution in [0.2, 0.25) is 0 Å². The Balaban J connectivity index is 1.53. The highest BCUT2D eigenvalue weighted by molar-refractivity contribution is 7.89. The number of hydrogen-bond acceptors (Lipinski definition) is 6. The van der Waals surface area contributed by atoms with Crippen LogP contribution < -0.4 is 10.2 Å². The quantitative estimate of drug-likeness (QED) is 0.512. The van der Waals surface area contributed by atoms with Crippen LogP contribution in [0.15, 0.2) is 76.4 Å². The number of nitrogens with zero attached hydrogens (tertiary/aromatic N) is 1. The van der Waals surface area contributed by atoms with Crippen LogP contribution in [0.3, 0.4) is 0 Å². The maximum atomic E-state index is 13.3. The minimum Gasteiger partial charge on any atom is -0.497 e. The van der Waals surface area contributed by atoms with Crippen LogP contribution in [0.5, 0.6) is 5.75 Å². The molecule has 32 heavy (non-hydrogen) atoms. The number of carbonyl (C=O) groups excluding carboxylic acids is 1. The third kappa shape index (κ3) is 4.02. The predicted octanol–water partition coefficient (Wildman–Crippen LogP) is 2.72. The number of ether oxygens (including phenoxy) is 2. The SMILES string of the molecule is COC1=CC(C(=O)NO)CC2=C1CN(S(=O)(=O)c1ccc(-c3ccc(OC)cc3)cc1)C2. The van der Waals surface area contributed by atoms with E-state index in [1.54, 1.807) is 42.9 Å². The number of methoxy groups -OCH3 is 2. The first-order valence-electron chi connectivity index (χ1n) is 10.0. The second-order valence-electron chi connectivity index (χ2n) is 7.63. The van der Waals surface area contributed by atoms with E-state index in [1.807, 2.05) is 24.3 Å². The van der Waals surface area contributed by atoms with Crippen LogP contribution in [-0.4, -0.2) is 51.1 Å². The maximum Gasteiger partial charge on any atom is 0.250 e. The molecule has 9 heteroatoms. The van der Waals surface area contributed by atoms with Crippen molar-refractivity contribution in [2.75, 3.05) is 27.3 Å².